The maximum Gasteiger partial charge on any atom is 0.341 e. The molecule has 1 atom stereocenters. The van der Waals surface area contributed by atoms with E-state index in [4.69, 9.17) is 9.84 Å². The number of rotatable bonds is 8. The molecule has 1 aromatic carbocycles. The highest BCUT2D eigenvalue weighted by atomic mass is 32.2. The lowest BCUT2D eigenvalue weighted by molar-refractivity contribution is -0.132. The van der Waals surface area contributed by atoms with Crippen molar-refractivity contribution in [2.75, 3.05) is 24.3 Å². The molecule has 12 heteroatoms. The number of carbonyl (C=O) groups excluding carboxylic acids is 4. The first kappa shape index (κ1) is 27.0. The number of carboxylic acid groups (broad SMARTS) is 1. The molecule has 2 heterocycles. The highest BCUT2D eigenvalue weighted by Crippen LogP contribution is 2.38. The van der Waals surface area contributed by atoms with E-state index in [0.717, 1.165) is 22.6 Å². The van der Waals surface area contributed by atoms with Crippen LogP contribution in [0.15, 0.2) is 41.3 Å². The number of aliphatic carboxylic acids is 1. The minimum absolute atomic E-state index is 0.0550. The highest BCUT2D eigenvalue weighted by Gasteiger charge is 2.30. The summed E-state index contributed by atoms with van der Waals surface area (Å²) in [7, 11) is 1.28. The van der Waals surface area contributed by atoms with Crippen LogP contribution in [-0.2, 0) is 36.9 Å². The zero-order valence-corrected chi connectivity index (χ0v) is 21.5. The van der Waals surface area contributed by atoms with E-state index < -0.39 is 23.1 Å². The van der Waals surface area contributed by atoms with E-state index in [-0.39, 0.29) is 11.8 Å². The zero-order valence-electron chi connectivity index (χ0n) is 19.8. The summed E-state index contributed by atoms with van der Waals surface area (Å²) in [6.07, 6.45) is 2.15. The van der Waals surface area contributed by atoms with Crippen LogP contribution in [0.3, 0.4) is 0 Å². The molecule has 3 N–H and O–H groups in total. The number of nitrogens with one attached hydrogen (secondary N) is 2. The summed E-state index contributed by atoms with van der Waals surface area (Å²) < 4.78 is 4.95. The molecule has 0 spiro atoms. The molecule has 1 aliphatic rings. The number of thioether (sulfide) groups is 1. The van der Waals surface area contributed by atoms with E-state index >= 15 is 0 Å². The summed E-state index contributed by atoms with van der Waals surface area (Å²) in [5.74, 6) is -2.75. The number of carbonyl (C=O) groups is 5. The summed E-state index contributed by atoms with van der Waals surface area (Å²) in [5.41, 5.74) is 1.56. The van der Waals surface area contributed by atoms with Gasteiger partial charge in [-0.15, -0.1) is 23.1 Å². The number of methoxy groups -OCH3 is 1. The average molecular weight is 532 g/mol. The predicted octanol–water partition coefficient (Wildman–Crippen LogP) is 3.14. The number of fused-ring (bicyclic) bond motifs is 1. The molecule has 190 valence electrons. The fourth-order valence-electron chi connectivity index (χ4n) is 3.53. The number of benzene rings is 1. The molecule has 3 rings (SSSR count). The molecule has 1 aliphatic heterocycles. The number of amides is 3. The number of thiophene rings is 1. The van der Waals surface area contributed by atoms with Crippen molar-refractivity contribution in [3.63, 3.8) is 0 Å². The first-order valence-corrected chi connectivity index (χ1v) is 12.6. The van der Waals surface area contributed by atoms with Crippen LogP contribution < -0.4 is 10.6 Å². The lowest BCUT2D eigenvalue weighted by Crippen LogP contribution is -2.33. The molecule has 0 saturated heterocycles. The summed E-state index contributed by atoms with van der Waals surface area (Å²) in [6, 6.07) is 6.79. The van der Waals surface area contributed by atoms with Gasteiger partial charge in [0.15, 0.2) is 0 Å². The molecule has 0 saturated carbocycles. The van der Waals surface area contributed by atoms with Crippen LogP contribution in [0.4, 0.5) is 10.7 Å². The molecular formula is C24H25N3O7S2. The fraction of sp³-hybridized carbons (Fsp3) is 0.292. The lowest BCUT2D eigenvalue weighted by Gasteiger charge is -2.25. The number of carboxylic acids is 1. The first-order chi connectivity index (χ1) is 17.1. The molecule has 0 radical (unpaired) electrons. The molecule has 2 aromatic rings. The van der Waals surface area contributed by atoms with Gasteiger partial charge in [-0.3, -0.25) is 14.4 Å². The van der Waals surface area contributed by atoms with Gasteiger partial charge in [-0.1, -0.05) is 6.07 Å². The Morgan fingerprint density at radius 2 is 1.94 bits per heavy atom. The number of nitrogens with zero attached hydrogens (tertiary/aromatic N) is 1. The van der Waals surface area contributed by atoms with Crippen LogP contribution in [-0.4, -0.2) is 58.6 Å². The van der Waals surface area contributed by atoms with Gasteiger partial charge in [0, 0.05) is 41.1 Å². The third-order valence-corrected chi connectivity index (χ3v) is 7.52. The van der Waals surface area contributed by atoms with E-state index in [9.17, 15) is 24.0 Å². The Morgan fingerprint density at radius 1 is 1.19 bits per heavy atom. The molecule has 1 aromatic heterocycles. The predicted molar refractivity (Wildman–Crippen MR) is 136 cm³/mol. The van der Waals surface area contributed by atoms with Gasteiger partial charge in [-0.25, -0.2) is 9.59 Å². The fourth-order valence-corrected chi connectivity index (χ4v) is 5.71. The SMILES string of the molecule is COC(=O)c1c(NC(=O)C(C)Sc2cccc(NC(=O)/C=C/C(=O)O)c2)sc2c1CCN(C(C)=O)C2. The number of esters is 1. The van der Waals surface area contributed by atoms with Crippen molar-refractivity contribution in [1.29, 1.82) is 0 Å². The third kappa shape index (κ3) is 6.73. The standard InChI is InChI=1S/C24H25N3O7S2/c1-13(35-16-6-4-5-15(11-16)25-19(29)7-8-20(30)31)22(32)26-23-21(24(33)34-3)17-9-10-27(14(2)28)12-18(17)36-23/h4-8,11,13H,9-10,12H2,1-3H3,(H,25,29)(H,26,32)(H,30,31)/b8-7+. The van der Waals surface area contributed by atoms with Crippen molar-refractivity contribution >= 4 is 63.4 Å². The van der Waals surface area contributed by atoms with Gasteiger partial charge in [0.2, 0.25) is 17.7 Å². The number of hydrogen-bond donors (Lipinski definition) is 3. The monoisotopic (exact) mass is 531 g/mol. The van der Waals surface area contributed by atoms with E-state index in [0.29, 0.717) is 40.7 Å². The Labute approximate surface area is 215 Å². The number of hydrogen-bond acceptors (Lipinski definition) is 8. The van der Waals surface area contributed by atoms with Crippen molar-refractivity contribution in [3.05, 3.63) is 52.4 Å². The quantitative estimate of drug-likeness (QED) is 0.268. The van der Waals surface area contributed by atoms with Crippen LogP contribution in [0.1, 0.15) is 34.6 Å². The van der Waals surface area contributed by atoms with Crippen molar-refractivity contribution in [2.45, 2.75) is 37.0 Å². The van der Waals surface area contributed by atoms with Gasteiger partial charge >= 0.3 is 11.9 Å². The van der Waals surface area contributed by atoms with E-state index in [1.807, 2.05) is 0 Å². The van der Waals surface area contributed by atoms with Gasteiger partial charge in [0.05, 0.1) is 24.5 Å². The lowest BCUT2D eigenvalue weighted by atomic mass is 10.0. The smallest absolute Gasteiger partial charge is 0.341 e. The van der Waals surface area contributed by atoms with Gasteiger partial charge in [0.25, 0.3) is 0 Å². The second-order valence-corrected chi connectivity index (χ2v) is 10.3. The Morgan fingerprint density at radius 3 is 2.61 bits per heavy atom. The molecule has 10 nitrogen and oxygen atoms in total. The molecule has 3 amide bonds. The molecular weight excluding hydrogens is 506 g/mol. The summed E-state index contributed by atoms with van der Waals surface area (Å²) in [6.45, 7) is 4.07. The topological polar surface area (TPSA) is 142 Å². The van der Waals surface area contributed by atoms with Gasteiger partial charge in [0.1, 0.15) is 5.00 Å². The summed E-state index contributed by atoms with van der Waals surface area (Å²) in [5, 5.41) is 13.9. The molecule has 1 unspecified atom stereocenters. The maximum atomic E-state index is 13.0. The Hall–Kier alpha value is -3.64. The van der Waals surface area contributed by atoms with Crippen LogP contribution in [0, 0.1) is 0 Å². The summed E-state index contributed by atoms with van der Waals surface area (Å²) in [4.78, 5) is 62.9. The Bertz CT molecular complexity index is 1240. The van der Waals surface area contributed by atoms with Crippen molar-refractivity contribution in [3.8, 4) is 0 Å². The van der Waals surface area contributed by atoms with Crippen LogP contribution in [0.2, 0.25) is 0 Å². The Kier molecular flexibility index (Phi) is 8.88. The zero-order chi connectivity index (χ0) is 26.4. The van der Waals surface area contributed by atoms with E-state index in [2.05, 4.69) is 10.6 Å². The molecule has 0 fully saturated rings. The minimum atomic E-state index is -1.23. The molecule has 0 bridgehead atoms. The van der Waals surface area contributed by atoms with Gasteiger partial charge < -0.3 is 25.4 Å². The molecule has 0 aliphatic carbocycles. The Balaban J connectivity index is 1.72. The first-order valence-electron chi connectivity index (χ1n) is 10.9. The number of anilines is 2. The maximum absolute atomic E-state index is 13.0. The van der Waals surface area contributed by atoms with Crippen molar-refractivity contribution in [2.24, 2.45) is 0 Å². The number of ether oxygens (including phenoxy) is 1. The normalized spacial score (nSPS) is 13.6. The van der Waals surface area contributed by atoms with Crippen molar-refractivity contribution < 1.29 is 33.8 Å². The second kappa shape index (κ2) is 11.9. The van der Waals surface area contributed by atoms with Crippen LogP contribution >= 0.6 is 23.1 Å². The largest absolute Gasteiger partial charge is 0.478 e. The van der Waals surface area contributed by atoms with Crippen LogP contribution in [0.5, 0.6) is 0 Å². The van der Waals surface area contributed by atoms with Crippen molar-refractivity contribution in [1.82, 2.24) is 4.90 Å². The highest BCUT2D eigenvalue weighted by molar-refractivity contribution is 8.00. The average Bonchev–Trinajstić information content (AvgIpc) is 3.19. The van der Waals surface area contributed by atoms with Crippen LogP contribution in [0.25, 0.3) is 0 Å². The third-order valence-electron chi connectivity index (χ3n) is 5.29. The van der Waals surface area contributed by atoms with E-state index in [1.54, 1.807) is 36.1 Å². The van der Waals surface area contributed by atoms with Gasteiger partial charge in [-0.2, -0.15) is 0 Å². The molecule has 36 heavy (non-hydrogen) atoms. The minimum Gasteiger partial charge on any atom is -0.478 e. The van der Waals surface area contributed by atoms with E-state index in [1.165, 1.54) is 37.1 Å². The summed E-state index contributed by atoms with van der Waals surface area (Å²) >= 11 is 2.51. The van der Waals surface area contributed by atoms with Gasteiger partial charge in [-0.05, 0) is 37.1 Å². The second-order valence-electron chi connectivity index (χ2n) is 7.83.